The van der Waals surface area contributed by atoms with Crippen LogP contribution in [0.2, 0.25) is 0 Å². The highest BCUT2D eigenvalue weighted by atomic mass is 32.1. The highest BCUT2D eigenvalue weighted by Gasteiger charge is 2.38. The first-order valence-corrected chi connectivity index (χ1v) is 4.74. The Morgan fingerprint density at radius 3 is 2.92 bits per heavy atom. The lowest BCUT2D eigenvalue weighted by atomic mass is 10.3. The molecule has 1 saturated carbocycles. The molecular weight excluding hydrogens is 170 g/mol. The van der Waals surface area contributed by atoms with Gasteiger partial charge in [-0.05, 0) is 25.7 Å². The van der Waals surface area contributed by atoms with Gasteiger partial charge in [-0.1, -0.05) is 5.92 Å². The summed E-state index contributed by atoms with van der Waals surface area (Å²) in [5, 5.41) is 12.3. The summed E-state index contributed by atoms with van der Waals surface area (Å²) < 4.78 is 0. The Morgan fingerprint density at radius 1 is 1.67 bits per heavy atom. The van der Waals surface area contributed by atoms with Crippen molar-refractivity contribution in [3.63, 3.8) is 0 Å². The van der Waals surface area contributed by atoms with Gasteiger partial charge in [0.05, 0.1) is 5.01 Å². The van der Waals surface area contributed by atoms with Crippen LogP contribution < -0.4 is 0 Å². The minimum atomic E-state index is -0.683. The number of rotatable bonds is 0. The molecule has 1 aromatic heterocycles. The van der Waals surface area contributed by atoms with Crippen LogP contribution in [0.5, 0.6) is 0 Å². The number of nitrogens with zero attached hydrogens (tertiary/aromatic N) is 1. The topological polar surface area (TPSA) is 33.1 Å². The van der Waals surface area contributed by atoms with Crippen LogP contribution in [0.3, 0.4) is 0 Å². The molecule has 0 aromatic carbocycles. The molecule has 0 saturated heterocycles. The normalized spacial score (nSPS) is 18.2. The average Bonchev–Trinajstić information content (AvgIpc) is 2.60. The zero-order chi connectivity index (χ0) is 8.60. The lowest BCUT2D eigenvalue weighted by molar-refractivity contribution is 0.212. The molecule has 62 valence electrons. The van der Waals surface area contributed by atoms with Gasteiger partial charge in [-0.2, -0.15) is 0 Å². The van der Waals surface area contributed by atoms with E-state index in [0.717, 1.165) is 23.5 Å². The first-order chi connectivity index (χ1) is 5.68. The Balaban J connectivity index is 2.15. The number of thiazole rings is 1. The lowest BCUT2D eigenvalue weighted by Crippen LogP contribution is -2.00. The fourth-order valence-electron chi connectivity index (χ4n) is 0.845. The molecule has 1 fully saturated rings. The van der Waals surface area contributed by atoms with E-state index in [4.69, 9.17) is 0 Å². The van der Waals surface area contributed by atoms with Crippen molar-refractivity contribution in [1.82, 2.24) is 4.98 Å². The van der Waals surface area contributed by atoms with Gasteiger partial charge in [0.1, 0.15) is 11.3 Å². The number of hydrogen-bond acceptors (Lipinski definition) is 3. The third-order valence-corrected chi connectivity index (χ3v) is 2.54. The van der Waals surface area contributed by atoms with Gasteiger partial charge in [0.25, 0.3) is 0 Å². The molecule has 1 aromatic rings. The van der Waals surface area contributed by atoms with Gasteiger partial charge in [-0.3, -0.25) is 0 Å². The van der Waals surface area contributed by atoms with Crippen LogP contribution in [0.25, 0.3) is 0 Å². The van der Waals surface area contributed by atoms with Crippen molar-refractivity contribution in [2.24, 2.45) is 0 Å². The van der Waals surface area contributed by atoms with Crippen molar-refractivity contribution in [1.29, 1.82) is 0 Å². The monoisotopic (exact) mass is 179 g/mol. The first-order valence-electron chi connectivity index (χ1n) is 3.86. The number of hydrogen-bond donors (Lipinski definition) is 1. The van der Waals surface area contributed by atoms with E-state index in [1.54, 1.807) is 11.3 Å². The van der Waals surface area contributed by atoms with E-state index in [1.165, 1.54) is 0 Å². The minimum absolute atomic E-state index is 0.683. The third kappa shape index (κ3) is 1.66. The second-order valence-corrected chi connectivity index (χ2v) is 4.10. The summed E-state index contributed by atoms with van der Waals surface area (Å²) >= 11 is 1.58. The van der Waals surface area contributed by atoms with E-state index in [1.807, 2.05) is 12.3 Å². The predicted molar refractivity (Wildman–Crippen MR) is 47.9 cm³/mol. The predicted octanol–water partition coefficient (Wildman–Crippen LogP) is 1.33. The van der Waals surface area contributed by atoms with Crippen LogP contribution in [-0.2, 0) is 0 Å². The molecule has 2 nitrogen and oxygen atoms in total. The highest BCUT2D eigenvalue weighted by molar-refractivity contribution is 7.09. The van der Waals surface area contributed by atoms with E-state index >= 15 is 0 Å². The Labute approximate surface area is 75.3 Å². The molecule has 0 bridgehead atoms. The molecule has 1 aliphatic rings. The Kier molecular flexibility index (Phi) is 1.67. The summed E-state index contributed by atoms with van der Waals surface area (Å²) in [7, 11) is 0. The second-order valence-electron chi connectivity index (χ2n) is 3.03. The van der Waals surface area contributed by atoms with Crippen molar-refractivity contribution >= 4 is 11.3 Å². The molecule has 12 heavy (non-hydrogen) atoms. The quantitative estimate of drug-likeness (QED) is 0.609. The van der Waals surface area contributed by atoms with E-state index in [-0.39, 0.29) is 0 Å². The molecule has 0 amide bonds. The van der Waals surface area contributed by atoms with Gasteiger partial charge in [-0.15, -0.1) is 11.3 Å². The fraction of sp³-hybridized carbons (Fsp3) is 0.444. The highest BCUT2D eigenvalue weighted by Crippen LogP contribution is 2.33. The molecule has 0 atom stereocenters. The molecule has 1 N–H and O–H groups in total. The van der Waals surface area contributed by atoms with Crippen molar-refractivity contribution < 1.29 is 5.11 Å². The maximum absolute atomic E-state index is 9.40. The molecule has 0 unspecified atom stereocenters. The van der Waals surface area contributed by atoms with E-state index < -0.39 is 5.60 Å². The first kappa shape index (κ1) is 7.78. The number of aromatic nitrogens is 1. The van der Waals surface area contributed by atoms with Gasteiger partial charge in [0, 0.05) is 5.38 Å². The molecule has 3 heteroatoms. The summed E-state index contributed by atoms with van der Waals surface area (Å²) in [5.74, 6) is 5.68. The molecule has 0 aliphatic heterocycles. The Bertz CT molecular complexity index is 354. The SMILES string of the molecule is Cc1nc(C#CC2(O)CC2)cs1. The summed E-state index contributed by atoms with van der Waals surface area (Å²) in [6.45, 7) is 1.95. The summed E-state index contributed by atoms with van der Waals surface area (Å²) in [6, 6.07) is 0. The molecular formula is C9H9NOS. The van der Waals surface area contributed by atoms with Crippen molar-refractivity contribution in [2.75, 3.05) is 0 Å². The van der Waals surface area contributed by atoms with Crippen LogP contribution in [0.4, 0.5) is 0 Å². The lowest BCUT2D eigenvalue weighted by Gasteiger charge is -1.90. The summed E-state index contributed by atoms with van der Waals surface area (Å²) in [4.78, 5) is 4.18. The zero-order valence-electron chi connectivity index (χ0n) is 6.79. The van der Waals surface area contributed by atoms with Gasteiger partial charge in [-0.25, -0.2) is 4.98 Å². The van der Waals surface area contributed by atoms with Crippen LogP contribution >= 0.6 is 11.3 Å². The smallest absolute Gasteiger partial charge is 0.126 e. The number of aliphatic hydroxyl groups is 1. The van der Waals surface area contributed by atoms with E-state index in [0.29, 0.717) is 0 Å². The summed E-state index contributed by atoms with van der Waals surface area (Å²) in [6.07, 6.45) is 1.62. The van der Waals surface area contributed by atoms with E-state index in [2.05, 4.69) is 16.8 Å². The number of aryl methyl sites for hydroxylation is 1. The van der Waals surface area contributed by atoms with Gasteiger partial charge < -0.3 is 5.11 Å². The summed E-state index contributed by atoms with van der Waals surface area (Å²) in [5.41, 5.74) is 0.0927. The molecule has 1 aliphatic carbocycles. The Hall–Kier alpha value is -0.850. The molecule has 2 rings (SSSR count). The standard InChI is InChI=1S/C9H9NOS/c1-7-10-8(6-12-7)2-3-9(11)4-5-9/h6,11H,4-5H2,1H3. The maximum Gasteiger partial charge on any atom is 0.126 e. The van der Waals surface area contributed by atoms with Gasteiger partial charge in [0.2, 0.25) is 0 Å². The third-order valence-electron chi connectivity index (χ3n) is 1.77. The van der Waals surface area contributed by atoms with Crippen molar-refractivity contribution in [3.8, 4) is 11.8 Å². The van der Waals surface area contributed by atoms with Crippen LogP contribution in [0, 0.1) is 18.8 Å². The van der Waals surface area contributed by atoms with Gasteiger partial charge >= 0.3 is 0 Å². The average molecular weight is 179 g/mol. The minimum Gasteiger partial charge on any atom is -0.378 e. The molecule has 0 radical (unpaired) electrons. The van der Waals surface area contributed by atoms with Crippen molar-refractivity contribution in [3.05, 3.63) is 16.1 Å². The Morgan fingerprint density at radius 2 is 2.42 bits per heavy atom. The van der Waals surface area contributed by atoms with Crippen LogP contribution in [0.1, 0.15) is 23.5 Å². The van der Waals surface area contributed by atoms with Gasteiger partial charge in [0.15, 0.2) is 0 Å². The fourth-order valence-corrected chi connectivity index (χ4v) is 1.39. The molecule has 1 heterocycles. The van der Waals surface area contributed by atoms with Crippen LogP contribution in [-0.4, -0.2) is 15.7 Å². The second kappa shape index (κ2) is 2.58. The maximum atomic E-state index is 9.40. The largest absolute Gasteiger partial charge is 0.378 e. The van der Waals surface area contributed by atoms with E-state index in [9.17, 15) is 5.11 Å². The van der Waals surface area contributed by atoms with Crippen LogP contribution in [0.15, 0.2) is 5.38 Å². The molecule has 0 spiro atoms. The zero-order valence-corrected chi connectivity index (χ0v) is 7.61. The van der Waals surface area contributed by atoms with Crippen molar-refractivity contribution in [2.45, 2.75) is 25.4 Å².